The van der Waals surface area contributed by atoms with Crippen molar-refractivity contribution in [1.29, 1.82) is 0 Å². The van der Waals surface area contributed by atoms with Crippen molar-refractivity contribution >= 4 is 36.4 Å². The van der Waals surface area contributed by atoms with E-state index >= 15 is 0 Å². The van der Waals surface area contributed by atoms with E-state index in [-0.39, 0.29) is 12.8 Å². The topological polar surface area (TPSA) is 46.5 Å². The number of halogens is 4. The van der Waals surface area contributed by atoms with Crippen LogP contribution in [0.3, 0.4) is 0 Å². The van der Waals surface area contributed by atoms with E-state index in [1.807, 2.05) is 21.2 Å². The van der Waals surface area contributed by atoms with E-state index in [0.717, 1.165) is 9.21 Å². The quantitative estimate of drug-likeness (QED) is 0.500. The van der Waals surface area contributed by atoms with Gasteiger partial charge < -0.3 is 9.29 Å². The molecule has 1 aromatic rings. The van der Waals surface area contributed by atoms with Crippen LogP contribution in [0.25, 0.3) is 0 Å². The molecule has 1 unspecified atom stereocenters. The highest BCUT2D eigenvalue weighted by Gasteiger charge is 2.29. The van der Waals surface area contributed by atoms with E-state index in [4.69, 9.17) is 9.29 Å². The van der Waals surface area contributed by atoms with E-state index in [9.17, 15) is 18.0 Å². The second-order valence-corrected chi connectivity index (χ2v) is 5.54. The maximum atomic E-state index is 12.3. The summed E-state index contributed by atoms with van der Waals surface area (Å²) in [6.07, 6.45) is -5.88. The molecule has 1 aromatic carbocycles. The molecule has 1 rings (SSSR count). The van der Waals surface area contributed by atoms with E-state index in [1.165, 1.54) is 0 Å². The lowest BCUT2D eigenvalue weighted by Gasteiger charge is -2.17. The van der Waals surface area contributed by atoms with Crippen molar-refractivity contribution in [3.8, 4) is 5.75 Å². The van der Waals surface area contributed by atoms with Crippen LogP contribution in [-0.2, 0) is 4.79 Å². The summed E-state index contributed by atoms with van der Waals surface area (Å²) in [7, 11) is 1.08. The lowest BCUT2D eigenvalue weighted by molar-refractivity contribution is -0.142. The van der Waals surface area contributed by atoms with E-state index < -0.39 is 24.5 Å². The van der Waals surface area contributed by atoms with Crippen LogP contribution in [0, 0.1) is 0 Å². The number of hydrogen-bond acceptors (Lipinski definition) is 3. The molecule has 0 spiro atoms. The fraction of sp³-hybridized carbons (Fsp3) is 0.417. The lowest BCUT2D eigenvalue weighted by atomic mass is 9.91. The van der Waals surface area contributed by atoms with Gasteiger partial charge in [-0.1, -0.05) is 12.1 Å². The fourth-order valence-electron chi connectivity index (χ4n) is 1.79. The van der Waals surface area contributed by atoms with Crippen LogP contribution in [-0.4, -0.2) is 17.3 Å². The number of carbonyl (C=O) groups is 1. The summed E-state index contributed by atoms with van der Waals surface area (Å²) in [4.78, 5) is 10.8. The van der Waals surface area contributed by atoms with Crippen molar-refractivity contribution in [2.75, 3.05) is 0 Å². The molecular formula is C12H12F3IO3S. The number of carboxylic acids is 1. The van der Waals surface area contributed by atoms with Gasteiger partial charge in [0, 0.05) is 27.6 Å². The summed E-state index contributed by atoms with van der Waals surface area (Å²) in [6.45, 7) is 0. The first-order valence-corrected chi connectivity index (χ1v) is 8.94. The van der Waals surface area contributed by atoms with Crippen LogP contribution >= 0.6 is 30.4 Å². The molecule has 0 aromatic heterocycles. The summed E-state index contributed by atoms with van der Waals surface area (Å²) in [6, 6.07) is 6.50. The van der Waals surface area contributed by atoms with Crippen LogP contribution < -0.4 is 4.18 Å². The minimum Gasteiger partial charge on any atom is -0.481 e. The van der Waals surface area contributed by atoms with Gasteiger partial charge in [0.1, 0.15) is 15.0 Å². The molecule has 3 nitrogen and oxygen atoms in total. The minimum absolute atomic E-state index is 0.253. The fourth-order valence-corrected chi connectivity index (χ4v) is 2.59. The Hall–Kier alpha value is -0.640. The average molecular weight is 420 g/mol. The Bertz CT molecular complexity index is 454. The zero-order valence-corrected chi connectivity index (χ0v) is 13.2. The number of hydrogen-bond donors (Lipinski definition) is 1. The number of aliphatic carboxylic acids is 1. The van der Waals surface area contributed by atoms with Crippen LogP contribution in [0.4, 0.5) is 13.2 Å². The highest BCUT2D eigenvalue weighted by Crippen LogP contribution is 2.33. The van der Waals surface area contributed by atoms with Gasteiger partial charge in [-0.25, -0.2) is 0 Å². The zero-order valence-electron chi connectivity index (χ0n) is 10.2. The summed E-state index contributed by atoms with van der Waals surface area (Å²) >= 11 is 1.92. The van der Waals surface area contributed by atoms with E-state index in [1.54, 1.807) is 24.3 Å². The smallest absolute Gasteiger partial charge is 0.389 e. The van der Waals surface area contributed by atoms with Gasteiger partial charge in [0.2, 0.25) is 0 Å². The first-order chi connectivity index (χ1) is 9.31. The van der Waals surface area contributed by atoms with Crippen molar-refractivity contribution in [2.24, 2.45) is 0 Å². The molecule has 0 fully saturated rings. The Labute approximate surface area is 130 Å². The predicted molar refractivity (Wildman–Crippen MR) is 79.0 cm³/mol. The molecule has 0 saturated carbocycles. The molecular weight excluding hydrogens is 408 g/mol. The second kappa shape index (κ2) is 7.96. The third kappa shape index (κ3) is 6.69. The Morgan fingerprint density at radius 3 is 2.70 bits per heavy atom. The first kappa shape index (κ1) is 17.4. The van der Waals surface area contributed by atoms with Gasteiger partial charge in [0.05, 0.1) is 6.42 Å². The molecule has 0 heterocycles. The predicted octanol–water partition coefficient (Wildman–Crippen LogP) is 4.96. The number of benzene rings is 1. The molecule has 0 aliphatic rings. The SMILES string of the molecule is O=C(O)CC(CCC(F)(F)F)c1cccc(OSI)c1. The summed E-state index contributed by atoms with van der Waals surface area (Å²) in [5, 5.41) is 8.83. The normalized spacial score (nSPS) is 13.0. The molecule has 0 aliphatic carbocycles. The van der Waals surface area contributed by atoms with Crippen LogP contribution in [0.1, 0.15) is 30.7 Å². The monoisotopic (exact) mass is 420 g/mol. The van der Waals surface area contributed by atoms with E-state index in [0.29, 0.717) is 11.3 Å². The van der Waals surface area contributed by atoms with Gasteiger partial charge in [-0.2, -0.15) is 13.2 Å². The van der Waals surface area contributed by atoms with Gasteiger partial charge in [-0.3, -0.25) is 4.79 Å². The van der Waals surface area contributed by atoms with Gasteiger partial charge in [-0.05, 0) is 30.0 Å². The molecule has 112 valence electrons. The second-order valence-electron chi connectivity index (χ2n) is 4.17. The summed E-state index contributed by atoms with van der Waals surface area (Å²) in [5.74, 6) is -1.31. The van der Waals surface area contributed by atoms with Gasteiger partial charge in [0.25, 0.3) is 0 Å². The number of rotatable bonds is 7. The molecule has 8 heteroatoms. The van der Waals surface area contributed by atoms with Gasteiger partial charge in [0.15, 0.2) is 0 Å². The van der Waals surface area contributed by atoms with Crippen molar-refractivity contribution in [2.45, 2.75) is 31.4 Å². The molecule has 0 bridgehead atoms. The van der Waals surface area contributed by atoms with Gasteiger partial charge >= 0.3 is 12.1 Å². The van der Waals surface area contributed by atoms with Crippen molar-refractivity contribution in [3.63, 3.8) is 0 Å². The standard InChI is InChI=1S/C12H12F3IO3S/c13-12(14,15)5-4-9(7-11(17)18)8-2-1-3-10(6-8)19-20-16/h1-3,6,9H,4-5,7H2,(H,17,18). The Balaban J connectivity index is 2.86. The summed E-state index contributed by atoms with van der Waals surface area (Å²) < 4.78 is 42.1. The highest BCUT2D eigenvalue weighted by molar-refractivity contribution is 14.2. The lowest BCUT2D eigenvalue weighted by Crippen LogP contribution is -2.13. The van der Waals surface area contributed by atoms with Crippen LogP contribution in [0.5, 0.6) is 5.75 Å². The van der Waals surface area contributed by atoms with Crippen molar-refractivity contribution in [3.05, 3.63) is 29.8 Å². The zero-order chi connectivity index (χ0) is 15.2. The number of carboxylic acid groups (broad SMARTS) is 1. The Morgan fingerprint density at radius 2 is 2.15 bits per heavy atom. The molecule has 0 saturated heterocycles. The molecule has 0 aliphatic heterocycles. The maximum Gasteiger partial charge on any atom is 0.389 e. The Kier molecular flexibility index (Phi) is 6.93. The van der Waals surface area contributed by atoms with Gasteiger partial charge in [-0.15, -0.1) is 0 Å². The molecule has 20 heavy (non-hydrogen) atoms. The summed E-state index contributed by atoms with van der Waals surface area (Å²) in [5.41, 5.74) is 0.541. The molecule has 1 N–H and O–H groups in total. The van der Waals surface area contributed by atoms with E-state index in [2.05, 4.69) is 0 Å². The van der Waals surface area contributed by atoms with Crippen molar-refractivity contribution in [1.82, 2.24) is 0 Å². The average Bonchev–Trinajstić information content (AvgIpc) is 2.34. The Morgan fingerprint density at radius 1 is 1.45 bits per heavy atom. The largest absolute Gasteiger partial charge is 0.481 e. The van der Waals surface area contributed by atoms with Crippen molar-refractivity contribution < 1.29 is 27.3 Å². The number of alkyl halides is 3. The molecule has 1 atom stereocenters. The van der Waals surface area contributed by atoms with Crippen LogP contribution in [0.15, 0.2) is 24.3 Å². The molecule has 0 radical (unpaired) electrons. The highest BCUT2D eigenvalue weighted by atomic mass is 127. The third-order valence-corrected chi connectivity index (χ3v) is 3.45. The maximum absolute atomic E-state index is 12.3. The first-order valence-electron chi connectivity index (χ1n) is 5.65. The molecule has 0 amide bonds. The van der Waals surface area contributed by atoms with Crippen LogP contribution in [0.2, 0.25) is 0 Å². The third-order valence-electron chi connectivity index (χ3n) is 2.65. The minimum atomic E-state index is -4.29.